The van der Waals surface area contributed by atoms with Crippen molar-refractivity contribution in [3.8, 4) is 17.3 Å². The van der Waals surface area contributed by atoms with Crippen molar-refractivity contribution in [2.24, 2.45) is 0 Å². The third-order valence-corrected chi connectivity index (χ3v) is 5.74. The van der Waals surface area contributed by atoms with Gasteiger partial charge in [0.05, 0.1) is 17.8 Å². The maximum Gasteiger partial charge on any atom is 0.251 e. The second-order valence-corrected chi connectivity index (χ2v) is 8.15. The number of rotatable bonds is 6. The molecule has 0 spiro atoms. The van der Waals surface area contributed by atoms with Gasteiger partial charge in [-0.25, -0.2) is 4.68 Å². The fourth-order valence-corrected chi connectivity index (χ4v) is 3.60. The van der Waals surface area contributed by atoms with Crippen LogP contribution in [0.2, 0.25) is 0 Å². The number of aromatic nitrogens is 3. The molecule has 3 aromatic carbocycles. The molecule has 1 unspecified atom stereocenters. The minimum atomic E-state index is -0.506. The fourth-order valence-electron chi connectivity index (χ4n) is 3.60. The molecule has 1 heterocycles. The molecule has 34 heavy (non-hydrogen) atoms. The first-order chi connectivity index (χ1) is 16.5. The summed E-state index contributed by atoms with van der Waals surface area (Å²) in [5, 5.41) is 18.1. The largest absolute Gasteiger partial charge is 0.314 e. The molecular formula is C28H25N5O. The number of para-hydroxylation sites is 1. The van der Waals surface area contributed by atoms with Gasteiger partial charge in [-0.15, -0.1) is 5.10 Å². The topological polar surface area (TPSA) is 74.8 Å². The molecule has 6 nitrogen and oxygen atoms in total. The first-order valence-corrected chi connectivity index (χ1v) is 11.0. The molecule has 6 heteroatoms. The van der Waals surface area contributed by atoms with Crippen molar-refractivity contribution in [2.45, 2.75) is 19.9 Å². The monoisotopic (exact) mass is 447 g/mol. The Morgan fingerprint density at radius 2 is 1.71 bits per heavy atom. The number of anilines is 1. The summed E-state index contributed by atoms with van der Waals surface area (Å²) in [5.74, 6) is -0.0853. The van der Waals surface area contributed by atoms with Gasteiger partial charge in [-0.3, -0.25) is 4.79 Å². The first kappa shape index (κ1) is 22.7. The molecule has 4 rings (SSSR count). The number of carbonyl (C=O) groups excluding carboxylic acids is 1. The number of nitrogens with zero attached hydrogens (tertiary/aromatic N) is 5. The lowest BCUT2D eigenvalue weighted by molar-refractivity contribution is -0.121. The molecule has 4 aromatic rings. The van der Waals surface area contributed by atoms with E-state index >= 15 is 0 Å². The molecule has 0 aliphatic rings. The zero-order valence-electron chi connectivity index (χ0n) is 19.4. The van der Waals surface area contributed by atoms with Crippen LogP contribution in [-0.2, 0) is 4.79 Å². The van der Waals surface area contributed by atoms with Crippen LogP contribution in [0.1, 0.15) is 29.7 Å². The standard InChI is InChI=1S/C28H25N5O/c1-20-9-11-22(12-10-20)17-25(18-29)23-13-15-24(16-14-23)27-19-33(31-30-27)21(2)28(34)32(3)26-7-5-4-6-8-26/h4-17,19,21H,1-3H3/b25-17+. The number of carbonyl (C=O) groups is 1. The van der Waals surface area contributed by atoms with Gasteiger partial charge in [0.2, 0.25) is 0 Å². The van der Waals surface area contributed by atoms with Gasteiger partial charge in [-0.05, 0) is 43.2 Å². The van der Waals surface area contributed by atoms with Crippen LogP contribution in [-0.4, -0.2) is 27.9 Å². The lowest BCUT2D eigenvalue weighted by atomic mass is 10.0. The van der Waals surface area contributed by atoms with Gasteiger partial charge in [0.25, 0.3) is 5.91 Å². The number of nitriles is 1. The van der Waals surface area contributed by atoms with Crippen molar-refractivity contribution >= 4 is 23.2 Å². The van der Waals surface area contributed by atoms with Gasteiger partial charge in [-0.2, -0.15) is 5.26 Å². The molecule has 0 fully saturated rings. The number of aryl methyl sites for hydroxylation is 1. The lowest BCUT2D eigenvalue weighted by Crippen LogP contribution is -2.33. The second-order valence-electron chi connectivity index (χ2n) is 8.15. The summed E-state index contributed by atoms with van der Waals surface area (Å²) < 4.78 is 1.57. The average Bonchev–Trinajstić information content (AvgIpc) is 3.38. The van der Waals surface area contributed by atoms with Crippen molar-refractivity contribution in [3.63, 3.8) is 0 Å². The number of hydrogen-bond acceptors (Lipinski definition) is 4. The van der Waals surface area contributed by atoms with Crippen LogP contribution < -0.4 is 4.90 Å². The zero-order valence-corrected chi connectivity index (χ0v) is 19.4. The normalized spacial score (nSPS) is 12.1. The van der Waals surface area contributed by atoms with Gasteiger partial charge < -0.3 is 4.90 Å². The Labute approximate surface area is 199 Å². The Hall–Kier alpha value is -4.50. The minimum absolute atomic E-state index is 0.0853. The predicted molar refractivity (Wildman–Crippen MR) is 135 cm³/mol. The van der Waals surface area contributed by atoms with Crippen molar-refractivity contribution in [1.82, 2.24) is 15.0 Å². The molecule has 1 atom stereocenters. The average molecular weight is 448 g/mol. The highest BCUT2D eigenvalue weighted by atomic mass is 16.2. The van der Waals surface area contributed by atoms with Crippen LogP contribution >= 0.6 is 0 Å². The van der Waals surface area contributed by atoms with E-state index in [1.807, 2.05) is 91.9 Å². The van der Waals surface area contributed by atoms with Crippen LogP contribution in [0.15, 0.2) is 85.1 Å². The Morgan fingerprint density at radius 3 is 2.35 bits per heavy atom. The molecule has 0 saturated heterocycles. The summed E-state index contributed by atoms with van der Waals surface area (Å²) in [4.78, 5) is 14.5. The predicted octanol–water partition coefficient (Wildman–Crippen LogP) is 5.54. The van der Waals surface area contributed by atoms with E-state index in [1.165, 1.54) is 5.56 Å². The summed E-state index contributed by atoms with van der Waals surface area (Å²) in [6.07, 6.45) is 3.64. The summed E-state index contributed by atoms with van der Waals surface area (Å²) in [7, 11) is 1.75. The Bertz CT molecular complexity index is 1350. The molecule has 0 N–H and O–H groups in total. The number of hydrogen-bond donors (Lipinski definition) is 0. The minimum Gasteiger partial charge on any atom is -0.314 e. The van der Waals surface area contributed by atoms with E-state index in [0.29, 0.717) is 11.3 Å². The highest BCUT2D eigenvalue weighted by Crippen LogP contribution is 2.24. The molecule has 0 aliphatic carbocycles. The van der Waals surface area contributed by atoms with Crippen molar-refractivity contribution in [2.75, 3.05) is 11.9 Å². The third kappa shape index (κ3) is 4.94. The fraction of sp³-hybridized carbons (Fsp3) is 0.143. The molecule has 0 saturated carbocycles. The van der Waals surface area contributed by atoms with Gasteiger partial charge in [-0.1, -0.05) is 77.5 Å². The van der Waals surface area contributed by atoms with Gasteiger partial charge in [0, 0.05) is 18.3 Å². The summed E-state index contributed by atoms with van der Waals surface area (Å²) in [5.41, 5.74) is 5.91. The molecule has 1 amide bonds. The SMILES string of the molecule is Cc1ccc(/C=C(\C#N)c2ccc(-c3cn(C(C)C(=O)N(C)c4ccccc4)nn3)cc2)cc1. The van der Waals surface area contributed by atoms with E-state index < -0.39 is 6.04 Å². The van der Waals surface area contributed by atoms with E-state index in [2.05, 4.69) is 16.4 Å². The van der Waals surface area contributed by atoms with Crippen molar-refractivity contribution in [1.29, 1.82) is 5.26 Å². The second kappa shape index (κ2) is 9.97. The number of likely N-dealkylation sites (N-methyl/N-ethyl adjacent to an activating group) is 1. The number of benzene rings is 3. The van der Waals surface area contributed by atoms with Crippen LogP contribution in [0.5, 0.6) is 0 Å². The number of allylic oxidation sites excluding steroid dienone is 1. The maximum atomic E-state index is 12.9. The van der Waals surface area contributed by atoms with Crippen LogP contribution in [0, 0.1) is 18.3 Å². The van der Waals surface area contributed by atoms with E-state index in [0.717, 1.165) is 22.4 Å². The Kier molecular flexibility index (Phi) is 6.65. The van der Waals surface area contributed by atoms with Gasteiger partial charge in [0.1, 0.15) is 11.7 Å². The molecular weight excluding hydrogens is 422 g/mol. The Morgan fingerprint density at radius 1 is 1.03 bits per heavy atom. The molecule has 0 bridgehead atoms. The summed E-state index contributed by atoms with van der Waals surface area (Å²) in [6, 6.07) is 26.9. The highest BCUT2D eigenvalue weighted by Gasteiger charge is 2.22. The molecule has 1 aromatic heterocycles. The van der Waals surface area contributed by atoms with Crippen molar-refractivity contribution < 1.29 is 4.79 Å². The smallest absolute Gasteiger partial charge is 0.251 e. The molecule has 0 radical (unpaired) electrons. The van der Waals surface area contributed by atoms with Crippen LogP contribution in [0.3, 0.4) is 0 Å². The summed E-state index contributed by atoms with van der Waals surface area (Å²) >= 11 is 0. The molecule has 168 valence electrons. The highest BCUT2D eigenvalue weighted by molar-refractivity contribution is 5.95. The van der Waals surface area contributed by atoms with Gasteiger partial charge >= 0.3 is 0 Å². The number of amides is 1. The van der Waals surface area contributed by atoms with E-state index in [4.69, 9.17) is 0 Å². The van der Waals surface area contributed by atoms with Crippen LogP contribution in [0.25, 0.3) is 22.9 Å². The quantitative estimate of drug-likeness (QED) is 0.287. The van der Waals surface area contributed by atoms with E-state index in [-0.39, 0.29) is 5.91 Å². The van der Waals surface area contributed by atoms with Crippen molar-refractivity contribution in [3.05, 3.63) is 102 Å². The molecule has 0 aliphatic heterocycles. The van der Waals surface area contributed by atoms with E-state index in [9.17, 15) is 10.1 Å². The van der Waals surface area contributed by atoms with Crippen LogP contribution in [0.4, 0.5) is 5.69 Å². The lowest BCUT2D eigenvalue weighted by Gasteiger charge is -2.21. The first-order valence-electron chi connectivity index (χ1n) is 11.0. The summed E-state index contributed by atoms with van der Waals surface area (Å²) in [6.45, 7) is 3.84. The van der Waals surface area contributed by atoms with Gasteiger partial charge in [0.15, 0.2) is 0 Å². The van der Waals surface area contributed by atoms with E-state index in [1.54, 1.807) is 29.7 Å². The maximum absolute atomic E-state index is 12.9. The third-order valence-electron chi connectivity index (χ3n) is 5.74. The Balaban J connectivity index is 1.51. The zero-order chi connectivity index (χ0) is 24.1.